The van der Waals surface area contributed by atoms with Gasteiger partial charge in [-0.3, -0.25) is 9.88 Å². The molecule has 2 fully saturated rings. The van der Waals surface area contributed by atoms with Crippen LogP contribution in [0, 0.1) is 0 Å². The summed E-state index contributed by atoms with van der Waals surface area (Å²) in [4.78, 5) is 33.6. The van der Waals surface area contributed by atoms with Gasteiger partial charge in [-0.1, -0.05) is 65.9 Å². The van der Waals surface area contributed by atoms with Gasteiger partial charge in [-0.2, -0.15) is 0 Å². The van der Waals surface area contributed by atoms with Gasteiger partial charge in [0.1, 0.15) is 5.82 Å². The molecule has 2 aromatic heterocycles. The smallest absolute Gasteiger partial charge is 0.408 e. The highest BCUT2D eigenvalue weighted by Gasteiger charge is 2.59. The van der Waals surface area contributed by atoms with E-state index < -0.39 is 22.8 Å². The number of anilines is 2. The molecule has 3 heterocycles. The van der Waals surface area contributed by atoms with Crippen molar-refractivity contribution < 1.29 is 15.0 Å². The molecular weight excluding hydrogens is 560 g/mol. The predicted octanol–water partition coefficient (Wildman–Crippen LogP) is 6.11. The predicted molar refractivity (Wildman–Crippen MR) is 171 cm³/mol. The van der Waals surface area contributed by atoms with Crippen molar-refractivity contribution in [2.24, 2.45) is 0 Å². The highest BCUT2D eigenvalue weighted by Crippen LogP contribution is 2.54. The zero-order chi connectivity index (χ0) is 30.4. The second-order valence-corrected chi connectivity index (χ2v) is 13.8. The summed E-state index contributed by atoms with van der Waals surface area (Å²) in [6.07, 6.45) is 4.93. The average molecular weight is 599 g/mol. The lowest BCUT2D eigenvalue weighted by atomic mass is 9.60. The Morgan fingerprint density at radius 1 is 0.930 bits per heavy atom. The van der Waals surface area contributed by atoms with Crippen LogP contribution in [0.15, 0.2) is 73.2 Å². The number of nitrogens with zero attached hydrogens (tertiary/aromatic N) is 6. The van der Waals surface area contributed by atoms with Crippen molar-refractivity contribution in [2.75, 3.05) is 36.0 Å². The number of carbonyl (C=O) groups is 1. The number of aliphatic hydroxyl groups is 1. The maximum absolute atomic E-state index is 12.5. The maximum Gasteiger partial charge on any atom is 0.408 e. The second-order valence-electron chi connectivity index (χ2n) is 12.8. The minimum Gasteiger partial charge on any atom is -0.465 e. The number of piperazine rings is 1. The molecule has 1 saturated heterocycles. The molecule has 1 saturated carbocycles. The third-order valence-corrected chi connectivity index (χ3v) is 9.57. The lowest BCUT2D eigenvalue weighted by Crippen LogP contribution is -2.67. The standard InChI is InChI=1S/C33H38N6O3S/c1-31(2,3)39(30(40)41)33(21-32(4,42)22-33)25-12-10-23(11-13-25)27-28(24-8-6-5-7-9-24)43-29(36-27)38-18-16-37(17-19-38)26-20-34-14-15-35-26/h5-15,20,42H,16-19,21-22H2,1-4H3,(H,40,41)/t32-,33+. The molecule has 10 heteroatoms. The van der Waals surface area contributed by atoms with Crippen LogP contribution in [0.2, 0.25) is 0 Å². The van der Waals surface area contributed by atoms with Crippen molar-refractivity contribution in [1.29, 1.82) is 0 Å². The van der Waals surface area contributed by atoms with Gasteiger partial charge < -0.3 is 20.0 Å². The third-order valence-electron chi connectivity index (χ3n) is 8.41. The van der Waals surface area contributed by atoms with Gasteiger partial charge >= 0.3 is 6.09 Å². The Kier molecular flexibility index (Phi) is 7.38. The summed E-state index contributed by atoms with van der Waals surface area (Å²) in [5.74, 6) is 0.894. The third kappa shape index (κ3) is 5.57. The normalized spacial score (nSPS) is 22.3. The first kappa shape index (κ1) is 29.1. The minimum absolute atomic E-state index is 0.347. The summed E-state index contributed by atoms with van der Waals surface area (Å²) in [5.41, 5.74) is 1.53. The average Bonchev–Trinajstić information content (AvgIpc) is 3.42. The molecule has 43 heavy (non-hydrogen) atoms. The molecule has 0 unspecified atom stereocenters. The Morgan fingerprint density at radius 3 is 2.14 bits per heavy atom. The number of rotatable bonds is 6. The number of hydrogen-bond acceptors (Lipinski definition) is 8. The highest BCUT2D eigenvalue weighted by atomic mass is 32.1. The number of aromatic nitrogens is 3. The molecule has 2 aliphatic rings. The van der Waals surface area contributed by atoms with Crippen LogP contribution in [0.3, 0.4) is 0 Å². The van der Waals surface area contributed by atoms with E-state index in [1.807, 2.05) is 63.2 Å². The highest BCUT2D eigenvalue weighted by molar-refractivity contribution is 7.19. The van der Waals surface area contributed by atoms with E-state index in [4.69, 9.17) is 4.98 Å². The van der Waals surface area contributed by atoms with E-state index in [1.165, 1.54) is 4.90 Å². The van der Waals surface area contributed by atoms with Crippen LogP contribution in [-0.2, 0) is 5.54 Å². The lowest BCUT2D eigenvalue weighted by Gasteiger charge is -2.60. The Hall–Kier alpha value is -4.02. The van der Waals surface area contributed by atoms with Gasteiger partial charge in [-0.05, 0) is 38.8 Å². The summed E-state index contributed by atoms with van der Waals surface area (Å²) in [6, 6.07) is 18.4. The maximum atomic E-state index is 12.5. The first-order chi connectivity index (χ1) is 20.5. The van der Waals surface area contributed by atoms with E-state index in [1.54, 1.807) is 36.9 Å². The van der Waals surface area contributed by atoms with Crippen LogP contribution in [0.1, 0.15) is 46.1 Å². The zero-order valence-corrected chi connectivity index (χ0v) is 25.9. The summed E-state index contributed by atoms with van der Waals surface area (Å²) < 4.78 is 0. The van der Waals surface area contributed by atoms with Crippen molar-refractivity contribution in [3.05, 3.63) is 78.8 Å². The number of thiazole rings is 1. The van der Waals surface area contributed by atoms with E-state index >= 15 is 0 Å². The summed E-state index contributed by atoms with van der Waals surface area (Å²) in [7, 11) is 0. The van der Waals surface area contributed by atoms with Crippen molar-refractivity contribution in [1.82, 2.24) is 19.9 Å². The zero-order valence-electron chi connectivity index (χ0n) is 25.1. The molecular formula is C33H38N6O3S. The fourth-order valence-corrected chi connectivity index (χ4v) is 7.90. The van der Waals surface area contributed by atoms with E-state index in [-0.39, 0.29) is 0 Å². The molecule has 0 spiro atoms. The monoisotopic (exact) mass is 598 g/mol. The summed E-state index contributed by atoms with van der Waals surface area (Å²) in [6.45, 7) is 10.8. The molecule has 0 bridgehead atoms. The molecule has 2 aromatic carbocycles. The molecule has 0 radical (unpaired) electrons. The fourth-order valence-electron chi connectivity index (χ4n) is 6.76. The Bertz CT molecular complexity index is 1570. The molecule has 1 aliphatic heterocycles. The Morgan fingerprint density at radius 2 is 1.58 bits per heavy atom. The van der Waals surface area contributed by atoms with Crippen molar-refractivity contribution in [3.63, 3.8) is 0 Å². The first-order valence-corrected chi connectivity index (χ1v) is 15.5. The molecule has 6 rings (SSSR count). The van der Waals surface area contributed by atoms with Crippen LogP contribution < -0.4 is 9.80 Å². The number of amides is 1. The van der Waals surface area contributed by atoms with Crippen LogP contribution in [-0.4, -0.2) is 73.5 Å². The van der Waals surface area contributed by atoms with Gasteiger partial charge in [0.2, 0.25) is 0 Å². The van der Waals surface area contributed by atoms with Gasteiger partial charge in [0.05, 0.1) is 27.9 Å². The number of benzene rings is 2. The van der Waals surface area contributed by atoms with Gasteiger partial charge in [0.15, 0.2) is 5.13 Å². The van der Waals surface area contributed by atoms with E-state index in [0.717, 1.165) is 64.4 Å². The summed E-state index contributed by atoms with van der Waals surface area (Å²) >= 11 is 1.70. The number of carboxylic acid groups (broad SMARTS) is 1. The molecule has 0 atom stereocenters. The molecule has 2 N–H and O–H groups in total. The lowest BCUT2D eigenvalue weighted by molar-refractivity contribution is -0.152. The van der Waals surface area contributed by atoms with Crippen LogP contribution >= 0.6 is 11.3 Å². The molecule has 9 nitrogen and oxygen atoms in total. The quantitative estimate of drug-likeness (QED) is 0.274. The first-order valence-electron chi connectivity index (χ1n) is 14.7. The van der Waals surface area contributed by atoms with Crippen molar-refractivity contribution >= 4 is 28.4 Å². The Labute approximate surface area is 256 Å². The van der Waals surface area contributed by atoms with Crippen LogP contribution in [0.4, 0.5) is 15.7 Å². The molecule has 224 valence electrons. The van der Waals surface area contributed by atoms with E-state index in [0.29, 0.717) is 12.8 Å². The Balaban J connectivity index is 1.32. The minimum atomic E-state index is -0.984. The van der Waals surface area contributed by atoms with Crippen molar-refractivity contribution in [3.8, 4) is 21.7 Å². The van der Waals surface area contributed by atoms with Crippen LogP contribution in [0.25, 0.3) is 21.7 Å². The number of hydrogen-bond donors (Lipinski definition) is 2. The van der Waals surface area contributed by atoms with Gasteiger partial charge in [-0.25, -0.2) is 14.8 Å². The van der Waals surface area contributed by atoms with Gasteiger partial charge in [0, 0.05) is 62.5 Å². The summed E-state index contributed by atoms with van der Waals surface area (Å²) in [5, 5.41) is 22.0. The van der Waals surface area contributed by atoms with Crippen molar-refractivity contribution in [2.45, 2.75) is 57.2 Å². The molecule has 1 aliphatic carbocycles. The fraction of sp³-hybridized carbons (Fsp3) is 0.394. The topological polar surface area (TPSA) is 106 Å². The van der Waals surface area contributed by atoms with Gasteiger partial charge in [-0.15, -0.1) is 0 Å². The SMILES string of the molecule is CC(C)(C)N(C(=O)O)[C@]1(c2ccc(-c3nc(N4CCN(c5cnccn5)CC4)sc3-c3ccccc3)cc2)C[C@](C)(O)C1. The molecule has 4 aromatic rings. The molecule has 1 amide bonds. The van der Waals surface area contributed by atoms with Crippen LogP contribution in [0.5, 0.6) is 0 Å². The van der Waals surface area contributed by atoms with E-state index in [2.05, 4.69) is 31.9 Å². The van der Waals surface area contributed by atoms with E-state index in [9.17, 15) is 15.0 Å². The second kappa shape index (κ2) is 10.9. The largest absolute Gasteiger partial charge is 0.465 e. The van der Waals surface area contributed by atoms with Gasteiger partial charge in [0.25, 0.3) is 0 Å².